The smallest absolute Gasteiger partial charge is 0.227 e. The largest absolute Gasteiger partial charge is 0.395 e. The molecule has 0 radical (unpaired) electrons. The molecule has 21 heavy (non-hydrogen) atoms. The number of hydrogen-bond donors (Lipinski definition) is 2. The minimum atomic E-state index is 0.0931. The summed E-state index contributed by atoms with van der Waals surface area (Å²) < 4.78 is 0. The second-order valence-corrected chi connectivity index (χ2v) is 5.29. The molecule has 1 aromatic heterocycles. The van der Waals surface area contributed by atoms with E-state index < -0.39 is 0 Å². The number of nitrogens with one attached hydrogen (secondary N) is 1. The Morgan fingerprint density at radius 3 is 2.90 bits per heavy atom. The van der Waals surface area contributed by atoms with Gasteiger partial charge in [0.25, 0.3) is 0 Å². The molecule has 3 rings (SSSR count). The molecule has 2 N–H and O–H groups in total. The van der Waals surface area contributed by atoms with Crippen molar-refractivity contribution >= 4 is 11.8 Å². The fourth-order valence-electron chi connectivity index (χ4n) is 2.60. The Morgan fingerprint density at radius 2 is 2.10 bits per heavy atom. The van der Waals surface area contributed by atoms with Crippen molar-refractivity contribution in [1.29, 1.82) is 0 Å². The molecule has 0 atom stereocenters. The van der Waals surface area contributed by atoms with Crippen LogP contribution >= 0.6 is 0 Å². The zero-order chi connectivity index (χ0) is 14.7. The third kappa shape index (κ3) is 2.97. The van der Waals surface area contributed by atoms with E-state index in [1.165, 1.54) is 11.1 Å². The molecule has 0 bridgehead atoms. The molecule has 1 aromatic carbocycles. The number of hydrogen-bond acceptors (Lipinski definition) is 5. The monoisotopic (exact) mass is 284 g/mol. The Bertz CT molecular complexity index is 629. The summed E-state index contributed by atoms with van der Waals surface area (Å²) in [6.07, 6.45) is 2.86. The van der Waals surface area contributed by atoms with Crippen molar-refractivity contribution in [2.24, 2.45) is 0 Å². The second-order valence-electron chi connectivity index (χ2n) is 5.29. The summed E-state index contributed by atoms with van der Waals surface area (Å²) in [7, 11) is 0. The minimum Gasteiger partial charge on any atom is -0.395 e. The second kappa shape index (κ2) is 6.10. The van der Waals surface area contributed by atoms with Crippen LogP contribution < -0.4 is 10.2 Å². The van der Waals surface area contributed by atoms with Crippen LogP contribution in [0.15, 0.2) is 30.5 Å². The summed E-state index contributed by atoms with van der Waals surface area (Å²) in [5.74, 6) is 1.54. The third-order valence-electron chi connectivity index (χ3n) is 3.78. The van der Waals surface area contributed by atoms with Crippen LogP contribution in [0.5, 0.6) is 0 Å². The van der Waals surface area contributed by atoms with E-state index in [0.29, 0.717) is 6.54 Å². The lowest BCUT2D eigenvalue weighted by Gasteiger charge is -2.29. The summed E-state index contributed by atoms with van der Waals surface area (Å²) in [5, 5.41) is 12.1. The van der Waals surface area contributed by atoms with E-state index in [1.807, 2.05) is 13.1 Å². The van der Waals surface area contributed by atoms with Crippen molar-refractivity contribution in [3.05, 3.63) is 47.2 Å². The molecule has 1 aliphatic heterocycles. The van der Waals surface area contributed by atoms with Crippen LogP contribution in [0, 0.1) is 6.92 Å². The van der Waals surface area contributed by atoms with Gasteiger partial charge < -0.3 is 15.3 Å². The Hall–Kier alpha value is -2.14. The fourth-order valence-corrected chi connectivity index (χ4v) is 2.60. The first-order chi connectivity index (χ1) is 10.3. The first-order valence-corrected chi connectivity index (χ1v) is 7.28. The molecule has 0 aliphatic carbocycles. The van der Waals surface area contributed by atoms with Crippen molar-refractivity contribution in [1.82, 2.24) is 9.97 Å². The Balaban J connectivity index is 1.81. The van der Waals surface area contributed by atoms with Crippen molar-refractivity contribution in [2.45, 2.75) is 19.9 Å². The van der Waals surface area contributed by atoms with E-state index in [1.54, 1.807) is 0 Å². The number of aromatic nitrogens is 2. The highest BCUT2D eigenvalue weighted by Gasteiger charge is 2.18. The maximum absolute atomic E-state index is 8.93. The molecule has 0 amide bonds. The van der Waals surface area contributed by atoms with Gasteiger partial charge in [0.15, 0.2) is 0 Å². The molecule has 110 valence electrons. The van der Waals surface area contributed by atoms with Gasteiger partial charge in [0.05, 0.1) is 6.61 Å². The lowest BCUT2D eigenvalue weighted by atomic mass is 10.0. The highest BCUT2D eigenvalue weighted by molar-refractivity contribution is 5.48. The molecule has 0 fully saturated rings. The number of anilines is 2. The Kier molecular flexibility index (Phi) is 4.01. The number of benzene rings is 1. The van der Waals surface area contributed by atoms with Crippen LogP contribution in [0.4, 0.5) is 11.8 Å². The standard InChI is InChI=1S/C16H20N4O/c1-12-10-18-16(19-15(12)17-7-9-21)20-8-6-13-4-2-3-5-14(13)11-20/h2-5,10,21H,6-9,11H2,1H3,(H,17,18,19). The van der Waals surface area contributed by atoms with E-state index in [4.69, 9.17) is 5.11 Å². The van der Waals surface area contributed by atoms with Crippen molar-refractivity contribution in [2.75, 3.05) is 29.9 Å². The Morgan fingerprint density at radius 1 is 1.29 bits per heavy atom. The van der Waals surface area contributed by atoms with Gasteiger partial charge >= 0.3 is 0 Å². The molecule has 0 spiro atoms. The maximum atomic E-state index is 8.93. The van der Waals surface area contributed by atoms with Gasteiger partial charge in [-0.2, -0.15) is 4.98 Å². The van der Waals surface area contributed by atoms with Gasteiger partial charge in [-0.3, -0.25) is 0 Å². The third-order valence-corrected chi connectivity index (χ3v) is 3.78. The molecule has 2 aromatic rings. The highest BCUT2D eigenvalue weighted by atomic mass is 16.3. The van der Waals surface area contributed by atoms with E-state index in [2.05, 4.69) is 44.5 Å². The summed E-state index contributed by atoms with van der Waals surface area (Å²) in [5.41, 5.74) is 3.75. The molecule has 5 heteroatoms. The minimum absolute atomic E-state index is 0.0931. The van der Waals surface area contributed by atoms with Crippen LogP contribution in [0.25, 0.3) is 0 Å². The molecule has 0 saturated heterocycles. The lowest BCUT2D eigenvalue weighted by molar-refractivity contribution is 0.311. The number of fused-ring (bicyclic) bond motifs is 1. The quantitative estimate of drug-likeness (QED) is 0.895. The average Bonchev–Trinajstić information content (AvgIpc) is 2.53. The van der Waals surface area contributed by atoms with Gasteiger partial charge in [-0.1, -0.05) is 24.3 Å². The predicted molar refractivity (Wildman–Crippen MR) is 83.5 cm³/mol. The molecule has 0 unspecified atom stereocenters. The van der Waals surface area contributed by atoms with Crippen molar-refractivity contribution < 1.29 is 5.11 Å². The van der Waals surface area contributed by atoms with E-state index in [9.17, 15) is 0 Å². The lowest BCUT2D eigenvalue weighted by Crippen LogP contribution is -2.32. The average molecular weight is 284 g/mol. The van der Waals surface area contributed by atoms with Crippen LogP contribution in [0.1, 0.15) is 16.7 Å². The van der Waals surface area contributed by atoms with Crippen LogP contribution in [-0.4, -0.2) is 34.8 Å². The van der Waals surface area contributed by atoms with E-state index in [-0.39, 0.29) is 6.61 Å². The topological polar surface area (TPSA) is 61.3 Å². The van der Waals surface area contributed by atoms with Gasteiger partial charge in [0.1, 0.15) is 5.82 Å². The molecule has 1 aliphatic rings. The van der Waals surface area contributed by atoms with Crippen molar-refractivity contribution in [3.63, 3.8) is 0 Å². The highest BCUT2D eigenvalue weighted by Crippen LogP contribution is 2.23. The zero-order valence-electron chi connectivity index (χ0n) is 12.2. The number of aliphatic hydroxyl groups is 1. The predicted octanol–water partition coefficient (Wildman–Crippen LogP) is 1.75. The number of nitrogens with zero attached hydrogens (tertiary/aromatic N) is 3. The molecule has 0 saturated carbocycles. The van der Waals surface area contributed by atoms with Gasteiger partial charge in [-0.25, -0.2) is 4.98 Å². The van der Waals surface area contributed by atoms with Gasteiger partial charge in [0, 0.05) is 31.4 Å². The SMILES string of the molecule is Cc1cnc(N2CCc3ccccc3C2)nc1NCCO. The maximum Gasteiger partial charge on any atom is 0.227 e. The van der Waals surface area contributed by atoms with Crippen molar-refractivity contribution in [3.8, 4) is 0 Å². The van der Waals surface area contributed by atoms with E-state index in [0.717, 1.165) is 36.8 Å². The first-order valence-electron chi connectivity index (χ1n) is 7.28. The van der Waals surface area contributed by atoms with Crippen LogP contribution in [0.2, 0.25) is 0 Å². The van der Waals surface area contributed by atoms with E-state index >= 15 is 0 Å². The number of rotatable bonds is 4. The van der Waals surface area contributed by atoms with Crippen LogP contribution in [0.3, 0.4) is 0 Å². The molecular weight excluding hydrogens is 264 g/mol. The molecular formula is C16H20N4O. The van der Waals surface area contributed by atoms with Crippen LogP contribution in [-0.2, 0) is 13.0 Å². The summed E-state index contributed by atoms with van der Waals surface area (Å²) in [6.45, 7) is 4.34. The zero-order valence-corrected chi connectivity index (χ0v) is 12.2. The normalized spacial score (nSPS) is 13.9. The van der Waals surface area contributed by atoms with Gasteiger partial charge in [0.2, 0.25) is 5.95 Å². The number of aliphatic hydroxyl groups excluding tert-OH is 1. The first kappa shape index (κ1) is 13.8. The number of aryl methyl sites for hydroxylation is 1. The van der Waals surface area contributed by atoms with Gasteiger partial charge in [-0.05, 0) is 24.5 Å². The molecule has 5 nitrogen and oxygen atoms in total. The van der Waals surface area contributed by atoms with Gasteiger partial charge in [-0.15, -0.1) is 0 Å². The summed E-state index contributed by atoms with van der Waals surface area (Å²) in [6, 6.07) is 8.53. The Labute approximate surface area is 124 Å². The summed E-state index contributed by atoms with van der Waals surface area (Å²) in [4.78, 5) is 11.3. The summed E-state index contributed by atoms with van der Waals surface area (Å²) >= 11 is 0. The fraction of sp³-hybridized carbons (Fsp3) is 0.375. The molecule has 2 heterocycles.